The summed E-state index contributed by atoms with van der Waals surface area (Å²) < 4.78 is 0. The van der Waals surface area contributed by atoms with Crippen molar-refractivity contribution >= 4 is 10.8 Å². The molecular formula is C14H18N2. The molecule has 0 aliphatic heterocycles. The molecule has 2 rings (SSSR count). The second-order valence-corrected chi connectivity index (χ2v) is 4.42. The van der Waals surface area contributed by atoms with Gasteiger partial charge in [-0.15, -0.1) is 0 Å². The first-order chi connectivity index (χ1) is 7.72. The SMILES string of the molecule is Cc1cncc2cc(C(C)CCN)ccc12. The highest BCUT2D eigenvalue weighted by molar-refractivity contribution is 5.85. The van der Waals surface area contributed by atoms with Crippen LogP contribution >= 0.6 is 0 Å². The van der Waals surface area contributed by atoms with Crippen LogP contribution < -0.4 is 5.73 Å². The monoisotopic (exact) mass is 214 g/mol. The second-order valence-electron chi connectivity index (χ2n) is 4.42. The van der Waals surface area contributed by atoms with Gasteiger partial charge in [-0.2, -0.15) is 0 Å². The van der Waals surface area contributed by atoms with Crippen molar-refractivity contribution in [3.05, 3.63) is 41.7 Å². The first-order valence-corrected chi connectivity index (χ1v) is 5.76. The second kappa shape index (κ2) is 4.62. The molecule has 0 spiro atoms. The lowest BCUT2D eigenvalue weighted by Crippen LogP contribution is -2.04. The summed E-state index contributed by atoms with van der Waals surface area (Å²) in [6, 6.07) is 6.63. The van der Waals surface area contributed by atoms with Crippen molar-refractivity contribution < 1.29 is 0 Å². The van der Waals surface area contributed by atoms with Crippen molar-refractivity contribution in [1.82, 2.24) is 4.98 Å². The van der Waals surface area contributed by atoms with E-state index in [1.165, 1.54) is 21.9 Å². The van der Waals surface area contributed by atoms with Gasteiger partial charge in [0.1, 0.15) is 0 Å². The third-order valence-electron chi connectivity index (χ3n) is 3.15. The highest BCUT2D eigenvalue weighted by atomic mass is 14.6. The lowest BCUT2D eigenvalue weighted by Gasteiger charge is -2.11. The molecule has 0 bridgehead atoms. The van der Waals surface area contributed by atoms with Crippen molar-refractivity contribution in [1.29, 1.82) is 0 Å². The van der Waals surface area contributed by atoms with Crippen LogP contribution in [0.2, 0.25) is 0 Å². The molecule has 0 fully saturated rings. The zero-order valence-electron chi connectivity index (χ0n) is 9.90. The Morgan fingerprint density at radius 2 is 2.12 bits per heavy atom. The van der Waals surface area contributed by atoms with E-state index in [1.807, 2.05) is 12.4 Å². The number of benzene rings is 1. The fourth-order valence-corrected chi connectivity index (χ4v) is 2.07. The molecule has 16 heavy (non-hydrogen) atoms. The Hall–Kier alpha value is -1.41. The number of pyridine rings is 1. The number of hydrogen-bond donors (Lipinski definition) is 1. The standard InChI is InChI=1S/C14H18N2/c1-10(5-6-15)12-3-4-14-11(2)8-16-9-13(14)7-12/h3-4,7-10H,5-6,15H2,1-2H3. The quantitative estimate of drug-likeness (QED) is 0.853. The maximum Gasteiger partial charge on any atom is 0.0346 e. The van der Waals surface area contributed by atoms with E-state index in [-0.39, 0.29) is 0 Å². The number of nitrogens with two attached hydrogens (primary N) is 1. The summed E-state index contributed by atoms with van der Waals surface area (Å²) in [5, 5.41) is 2.51. The van der Waals surface area contributed by atoms with Crippen molar-refractivity contribution in [2.75, 3.05) is 6.54 Å². The molecule has 2 nitrogen and oxygen atoms in total. The Bertz CT molecular complexity index is 491. The fourth-order valence-electron chi connectivity index (χ4n) is 2.07. The summed E-state index contributed by atoms with van der Waals surface area (Å²) in [6.07, 6.45) is 4.87. The number of nitrogens with zero attached hydrogens (tertiary/aromatic N) is 1. The van der Waals surface area contributed by atoms with E-state index in [4.69, 9.17) is 5.73 Å². The third-order valence-corrected chi connectivity index (χ3v) is 3.15. The van der Waals surface area contributed by atoms with E-state index in [1.54, 1.807) is 0 Å². The Morgan fingerprint density at radius 1 is 1.31 bits per heavy atom. The van der Waals surface area contributed by atoms with Gasteiger partial charge >= 0.3 is 0 Å². The molecule has 0 saturated carbocycles. The van der Waals surface area contributed by atoms with Gasteiger partial charge in [-0.3, -0.25) is 4.98 Å². The summed E-state index contributed by atoms with van der Waals surface area (Å²) in [7, 11) is 0. The summed E-state index contributed by atoms with van der Waals surface area (Å²) in [4.78, 5) is 4.23. The summed E-state index contributed by atoms with van der Waals surface area (Å²) in [5.41, 5.74) is 8.18. The zero-order chi connectivity index (χ0) is 11.5. The highest BCUT2D eigenvalue weighted by Crippen LogP contribution is 2.24. The maximum absolute atomic E-state index is 5.59. The molecule has 0 aliphatic carbocycles. The maximum atomic E-state index is 5.59. The minimum absolute atomic E-state index is 0.523. The van der Waals surface area contributed by atoms with E-state index < -0.39 is 0 Å². The van der Waals surface area contributed by atoms with Crippen molar-refractivity contribution in [3.8, 4) is 0 Å². The normalized spacial score (nSPS) is 12.9. The molecule has 84 valence electrons. The highest BCUT2D eigenvalue weighted by Gasteiger charge is 2.06. The molecule has 0 saturated heterocycles. The molecule has 1 atom stereocenters. The number of aryl methyl sites for hydroxylation is 1. The van der Waals surface area contributed by atoms with Crippen LogP contribution in [0.25, 0.3) is 10.8 Å². The Kier molecular flexibility index (Phi) is 3.20. The van der Waals surface area contributed by atoms with Crippen LogP contribution in [0.15, 0.2) is 30.6 Å². The number of fused-ring (bicyclic) bond motifs is 1. The molecule has 2 aromatic rings. The van der Waals surface area contributed by atoms with Crippen molar-refractivity contribution in [2.45, 2.75) is 26.2 Å². The van der Waals surface area contributed by atoms with Gasteiger partial charge in [0.25, 0.3) is 0 Å². The summed E-state index contributed by atoms with van der Waals surface area (Å²) >= 11 is 0. The van der Waals surface area contributed by atoms with E-state index in [9.17, 15) is 0 Å². The summed E-state index contributed by atoms with van der Waals surface area (Å²) in [5.74, 6) is 0.523. The number of aromatic nitrogens is 1. The molecule has 0 aliphatic rings. The van der Waals surface area contributed by atoms with Crippen LogP contribution in [0.5, 0.6) is 0 Å². The van der Waals surface area contributed by atoms with Gasteiger partial charge in [0.05, 0.1) is 0 Å². The number of rotatable bonds is 3. The molecule has 1 aromatic carbocycles. The Morgan fingerprint density at radius 3 is 2.88 bits per heavy atom. The molecule has 1 heterocycles. The van der Waals surface area contributed by atoms with Crippen molar-refractivity contribution in [2.24, 2.45) is 5.73 Å². The Balaban J connectivity index is 2.44. The average molecular weight is 214 g/mol. The van der Waals surface area contributed by atoms with Crippen LogP contribution in [0.3, 0.4) is 0 Å². The van der Waals surface area contributed by atoms with Gasteiger partial charge in [-0.1, -0.05) is 19.1 Å². The summed E-state index contributed by atoms with van der Waals surface area (Å²) in [6.45, 7) is 5.06. The minimum atomic E-state index is 0.523. The predicted molar refractivity (Wildman–Crippen MR) is 68.6 cm³/mol. The molecule has 0 radical (unpaired) electrons. The number of hydrogen-bond acceptors (Lipinski definition) is 2. The van der Waals surface area contributed by atoms with Gasteiger partial charge in [0.2, 0.25) is 0 Å². The lowest BCUT2D eigenvalue weighted by atomic mass is 9.95. The molecule has 0 amide bonds. The van der Waals surface area contributed by atoms with Crippen LogP contribution in [-0.4, -0.2) is 11.5 Å². The molecule has 2 N–H and O–H groups in total. The molecule has 2 heteroatoms. The van der Waals surface area contributed by atoms with Gasteiger partial charge < -0.3 is 5.73 Å². The molecule has 1 aromatic heterocycles. The van der Waals surface area contributed by atoms with Gasteiger partial charge in [0, 0.05) is 17.8 Å². The lowest BCUT2D eigenvalue weighted by molar-refractivity contribution is 0.691. The third kappa shape index (κ3) is 2.07. The predicted octanol–water partition coefficient (Wildman–Crippen LogP) is 3.00. The zero-order valence-corrected chi connectivity index (χ0v) is 9.90. The van der Waals surface area contributed by atoms with Gasteiger partial charge in [-0.05, 0) is 48.4 Å². The first-order valence-electron chi connectivity index (χ1n) is 5.76. The first kappa shape index (κ1) is 11.1. The van der Waals surface area contributed by atoms with Gasteiger partial charge in [-0.25, -0.2) is 0 Å². The van der Waals surface area contributed by atoms with Crippen LogP contribution in [0.1, 0.15) is 30.4 Å². The van der Waals surface area contributed by atoms with E-state index in [0.29, 0.717) is 5.92 Å². The molecule has 1 unspecified atom stereocenters. The smallest absolute Gasteiger partial charge is 0.0346 e. The minimum Gasteiger partial charge on any atom is -0.330 e. The van der Waals surface area contributed by atoms with Crippen LogP contribution in [0.4, 0.5) is 0 Å². The van der Waals surface area contributed by atoms with Crippen LogP contribution in [-0.2, 0) is 0 Å². The molecular weight excluding hydrogens is 196 g/mol. The van der Waals surface area contributed by atoms with E-state index >= 15 is 0 Å². The van der Waals surface area contributed by atoms with E-state index in [2.05, 4.69) is 37.0 Å². The van der Waals surface area contributed by atoms with Crippen molar-refractivity contribution in [3.63, 3.8) is 0 Å². The van der Waals surface area contributed by atoms with Gasteiger partial charge in [0.15, 0.2) is 0 Å². The average Bonchev–Trinajstić information content (AvgIpc) is 2.29. The van der Waals surface area contributed by atoms with E-state index in [0.717, 1.165) is 13.0 Å². The Labute approximate surface area is 96.5 Å². The topological polar surface area (TPSA) is 38.9 Å². The largest absolute Gasteiger partial charge is 0.330 e. The van der Waals surface area contributed by atoms with Crippen LogP contribution in [0, 0.1) is 6.92 Å². The fraction of sp³-hybridized carbons (Fsp3) is 0.357.